The highest BCUT2D eigenvalue weighted by Gasteiger charge is 2.33. The zero-order valence-corrected chi connectivity index (χ0v) is 17.6. The normalized spacial score (nSPS) is 18.8. The Bertz CT molecular complexity index is 1060. The molecule has 2 heterocycles. The lowest BCUT2D eigenvalue weighted by atomic mass is 9.81. The zero-order valence-electron chi connectivity index (χ0n) is 17.6. The van der Waals surface area contributed by atoms with Crippen LogP contribution in [-0.2, 0) is 16.0 Å². The Morgan fingerprint density at radius 1 is 1.19 bits per heavy atom. The van der Waals surface area contributed by atoms with Crippen molar-refractivity contribution in [2.45, 2.75) is 26.2 Å². The fraction of sp³-hybridized carbons (Fsp3) is 0.375. The number of carboxylic acid groups (broad SMARTS) is 1. The molecule has 1 amide bonds. The van der Waals surface area contributed by atoms with E-state index in [1.165, 1.54) is 0 Å². The fourth-order valence-electron chi connectivity index (χ4n) is 4.31. The number of hydrogen-bond donors (Lipinski definition) is 2. The lowest BCUT2D eigenvalue weighted by molar-refractivity contribution is -0.140. The maximum atomic E-state index is 12.7. The molecular formula is C24H27N3O4. The molecule has 31 heavy (non-hydrogen) atoms. The van der Waals surface area contributed by atoms with E-state index in [9.17, 15) is 14.7 Å². The van der Waals surface area contributed by atoms with Crippen LogP contribution in [0.2, 0.25) is 0 Å². The van der Waals surface area contributed by atoms with Crippen molar-refractivity contribution in [3.05, 3.63) is 59.9 Å². The highest BCUT2D eigenvalue weighted by molar-refractivity contribution is 5.78. The molecule has 2 atom stereocenters. The number of H-pyrrole nitrogens is 1. The summed E-state index contributed by atoms with van der Waals surface area (Å²) in [5.41, 5.74) is 3.03. The molecule has 0 unspecified atom stereocenters. The van der Waals surface area contributed by atoms with Crippen molar-refractivity contribution in [3.8, 4) is 5.75 Å². The summed E-state index contributed by atoms with van der Waals surface area (Å²) >= 11 is 0. The molecular weight excluding hydrogens is 394 g/mol. The van der Waals surface area contributed by atoms with E-state index < -0.39 is 5.97 Å². The van der Waals surface area contributed by atoms with Gasteiger partial charge in [0.1, 0.15) is 11.6 Å². The number of likely N-dealkylation sites (tertiary alicyclic amines) is 1. The first kappa shape index (κ1) is 20.9. The third-order valence-electron chi connectivity index (χ3n) is 5.93. The topological polar surface area (TPSA) is 95.5 Å². The molecule has 3 aromatic rings. The predicted octanol–water partition coefficient (Wildman–Crippen LogP) is 3.43. The van der Waals surface area contributed by atoms with Gasteiger partial charge < -0.3 is 19.7 Å². The summed E-state index contributed by atoms with van der Waals surface area (Å²) in [6.45, 7) is 3.06. The number of piperidine rings is 1. The largest absolute Gasteiger partial charge is 0.484 e. The van der Waals surface area contributed by atoms with Gasteiger partial charge in [-0.1, -0.05) is 24.3 Å². The van der Waals surface area contributed by atoms with Crippen molar-refractivity contribution in [2.75, 3.05) is 19.7 Å². The fourth-order valence-corrected chi connectivity index (χ4v) is 4.31. The van der Waals surface area contributed by atoms with E-state index in [1.54, 1.807) is 4.90 Å². The Balaban J connectivity index is 1.45. The third kappa shape index (κ3) is 5.23. The van der Waals surface area contributed by atoms with E-state index in [4.69, 9.17) is 4.74 Å². The number of aromatic amines is 1. The number of nitrogens with one attached hydrogen (secondary N) is 1. The number of rotatable bonds is 7. The number of benzene rings is 2. The van der Waals surface area contributed by atoms with Gasteiger partial charge in [-0.3, -0.25) is 9.59 Å². The molecule has 0 aliphatic carbocycles. The first-order valence-electron chi connectivity index (χ1n) is 10.6. The van der Waals surface area contributed by atoms with E-state index >= 15 is 0 Å². The average Bonchev–Trinajstić information content (AvgIpc) is 3.15. The van der Waals surface area contributed by atoms with Crippen molar-refractivity contribution >= 4 is 22.9 Å². The van der Waals surface area contributed by atoms with Crippen LogP contribution in [0.25, 0.3) is 11.0 Å². The van der Waals surface area contributed by atoms with Crippen LogP contribution in [0.4, 0.5) is 0 Å². The molecule has 7 heteroatoms. The SMILES string of the molecule is Cc1ccc2nc(C[C@H]3CN(C(=O)COc4ccccc4)CC[C@H]3CC(=O)O)[nH]c2c1. The third-order valence-corrected chi connectivity index (χ3v) is 5.93. The number of hydrogen-bond acceptors (Lipinski definition) is 4. The lowest BCUT2D eigenvalue weighted by Crippen LogP contribution is -2.46. The van der Waals surface area contributed by atoms with Gasteiger partial charge in [-0.05, 0) is 55.0 Å². The number of amides is 1. The van der Waals surface area contributed by atoms with Crippen molar-refractivity contribution in [2.24, 2.45) is 11.8 Å². The monoisotopic (exact) mass is 421 g/mol. The second kappa shape index (κ2) is 9.20. The molecule has 1 fully saturated rings. The molecule has 2 N–H and O–H groups in total. The van der Waals surface area contributed by atoms with Gasteiger partial charge in [0, 0.05) is 25.9 Å². The van der Waals surface area contributed by atoms with Crippen LogP contribution in [0.3, 0.4) is 0 Å². The minimum atomic E-state index is -0.803. The van der Waals surface area contributed by atoms with Crippen LogP contribution < -0.4 is 4.74 Å². The van der Waals surface area contributed by atoms with E-state index in [-0.39, 0.29) is 30.8 Å². The molecule has 1 aromatic heterocycles. The summed E-state index contributed by atoms with van der Waals surface area (Å²) in [5, 5.41) is 9.36. The van der Waals surface area contributed by atoms with Gasteiger partial charge in [-0.25, -0.2) is 4.98 Å². The minimum absolute atomic E-state index is 0.00606. The van der Waals surface area contributed by atoms with Crippen molar-refractivity contribution < 1.29 is 19.4 Å². The summed E-state index contributed by atoms with van der Waals surface area (Å²) in [7, 11) is 0. The minimum Gasteiger partial charge on any atom is -0.484 e. The van der Waals surface area contributed by atoms with Crippen LogP contribution >= 0.6 is 0 Å². The van der Waals surface area contributed by atoms with Gasteiger partial charge in [0.05, 0.1) is 11.0 Å². The van der Waals surface area contributed by atoms with Crippen LogP contribution in [0, 0.1) is 18.8 Å². The Labute approximate surface area is 181 Å². The van der Waals surface area contributed by atoms with Gasteiger partial charge in [0.15, 0.2) is 6.61 Å². The molecule has 1 saturated heterocycles. The first-order chi connectivity index (χ1) is 15.0. The quantitative estimate of drug-likeness (QED) is 0.609. The molecule has 1 aliphatic heterocycles. The number of aliphatic carboxylic acids is 1. The molecule has 4 rings (SSSR count). The maximum Gasteiger partial charge on any atom is 0.303 e. The van der Waals surface area contributed by atoms with Crippen LogP contribution in [0.5, 0.6) is 5.75 Å². The number of nitrogens with zero attached hydrogens (tertiary/aromatic N) is 2. The van der Waals surface area contributed by atoms with Crippen molar-refractivity contribution in [3.63, 3.8) is 0 Å². The van der Waals surface area contributed by atoms with Gasteiger partial charge in [0.25, 0.3) is 5.91 Å². The number of imidazole rings is 1. The molecule has 0 saturated carbocycles. The second-order valence-corrected chi connectivity index (χ2v) is 8.26. The number of aromatic nitrogens is 2. The molecule has 0 spiro atoms. The van der Waals surface area contributed by atoms with Crippen LogP contribution in [-0.4, -0.2) is 51.5 Å². The molecule has 1 aliphatic rings. The number of para-hydroxylation sites is 1. The number of aryl methyl sites for hydroxylation is 1. The summed E-state index contributed by atoms with van der Waals surface area (Å²) < 4.78 is 5.61. The number of carbonyl (C=O) groups excluding carboxylic acids is 1. The summed E-state index contributed by atoms with van der Waals surface area (Å²) in [5.74, 6) is 0.630. The standard InChI is InChI=1S/C24H27N3O4/c1-16-7-8-20-21(11-16)26-22(25-20)12-18-14-27(10-9-17(18)13-24(29)30)23(28)15-31-19-5-3-2-4-6-19/h2-8,11,17-18H,9-10,12-15H2,1H3,(H,25,26)(H,29,30)/t17-,18-/m0/s1. The number of fused-ring (bicyclic) bond motifs is 1. The maximum absolute atomic E-state index is 12.7. The Morgan fingerprint density at radius 3 is 2.77 bits per heavy atom. The van der Waals surface area contributed by atoms with Gasteiger partial charge >= 0.3 is 5.97 Å². The first-order valence-corrected chi connectivity index (χ1v) is 10.6. The van der Waals surface area contributed by atoms with E-state index in [0.29, 0.717) is 31.7 Å². The Kier molecular flexibility index (Phi) is 6.21. The Morgan fingerprint density at radius 2 is 2.00 bits per heavy atom. The highest BCUT2D eigenvalue weighted by Crippen LogP contribution is 2.30. The molecule has 0 bridgehead atoms. The van der Waals surface area contributed by atoms with Crippen molar-refractivity contribution in [1.82, 2.24) is 14.9 Å². The van der Waals surface area contributed by atoms with Gasteiger partial charge in [-0.15, -0.1) is 0 Å². The molecule has 7 nitrogen and oxygen atoms in total. The number of carboxylic acids is 1. The predicted molar refractivity (Wildman–Crippen MR) is 117 cm³/mol. The zero-order chi connectivity index (χ0) is 21.8. The molecule has 0 radical (unpaired) electrons. The molecule has 162 valence electrons. The Hall–Kier alpha value is -3.35. The van der Waals surface area contributed by atoms with Gasteiger partial charge in [0.2, 0.25) is 0 Å². The molecule has 2 aromatic carbocycles. The average molecular weight is 421 g/mol. The summed E-state index contributed by atoms with van der Waals surface area (Å²) in [6.07, 6.45) is 1.37. The summed E-state index contributed by atoms with van der Waals surface area (Å²) in [6, 6.07) is 15.3. The van der Waals surface area contributed by atoms with Crippen LogP contribution in [0.1, 0.15) is 24.2 Å². The van der Waals surface area contributed by atoms with Gasteiger partial charge in [-0.2, -0.15) is 0 Å². The highest BCUT2D eigenvalue weighted by atomic mass is 16.5. The smallest absolute Gasteiger partial charge is 0.303 e. The van der Waals surface area contributed by atoms with E-state index in [1.807, 2.05) is 49.4 Å². The van der Waals surface area contributed by atoms with Crippen molar-refractivity contribution in [1.29, 1.82) is 0 Å². The van der Waals surface area contributed by atoms with Crippen LogP contribution in [0.15, 0.2) is 48.5 Å². The second-order valence-electron chi connectivity index (χ2n) is 8.26. The number of ether oxygens (including phenoxy) is 1. The lowest BCUT2D eigenvalue weighted by Gasteiger charge is -2.38. The number of carbonyl (C=O) groups is 2. The summed E-state index contributed by atoms with van der Waals surface area (Å²) in [4.78, 5) is 34.0. The van der Waals surface area contributed by atoms with E-state index in [2.05, 4.69) is 16.0 Å². The van der Waals surface area contributed by atoms with E-state index in [0.717, 1.165) is 22.4 Å².